The van der Waals surface area contributed by atoms with Gasteiger partial charge in [-0.05, 0) is 25.1 Å². The number of rotatable bonds is 2. The van der Waals surface area contributed by atoms with Crippen LogP contribution in [0.1, 0.15) is 16.1 Å². The zero-order valence-electron chi connectivity index (χ0n) is 8.53. The minimum absolute atomic E-state index is 0.278. The maximum atomic E-state index is 11.7. The summed E-state index contributed by atoms with van der Waals surface area (Å²) >= 11 is 5.80. The minimum atomic E-state index is -0.312. The number of hydrogen-bond donors (Lipinski definition) is 1. The zero-order valence-corrected chi connectivity index (χ0v) is 9.28. The Morgan fingerprint density at radius 1 is 1.50 bits per heavy atom. The SMILES string of the molecule is Cc1conc1C(=O)Nc1cccc(Cl)c1. The standard InChI is InChI=1S/C11H9ClN2O2/c1-7-6-16-14-10(7)11(15)13-9-4-2-3-8(12)5-9/h2-6H,1H3,(H,13,15). The first-order valence-corrected chi connectivity index (χ1v) is 5.02. The number of anilines is 1. The number of amides is 1. The van der Waals surface area contributed by atoms with Crippen LogP contribution in [0.2, 0.25) is 5.02 Å². The Kier molecular flexibility index (Phi) is 2.92. The van der Waals surface area contributed by atoms with Crippen LogP contribution in [-0.2, 0) is 0 Å². The van der Waals surface area contributed by atoms with Gasteiger partial charge in [-0.25, -0.2) is 0 Å². The van der Waals surface area contributed by atoms with E-state index in [1.165, 1.54) is 6.26 Å². The maximum absolute atomic E-state index is 11.7. The van der Waals surface area contributed by atoms with E-state index in [-0.39, 0.29) is 11.6 Å². The zero-order chi connectivity index (χ0) is 11.5. The van der Waals surface area contributed by atoms with Crippen molar-refractivity contribution in [1.82, 2.24) is 5.16 Å². The summed E-state index contributed by atoms with van der Waals surface area (Å²) in [5.74, 6) is -0.312. The third kappa shape index (κ3) is 2.23. The molecule has 2 rings (SSSR count). The van der Waals surface area contributed by atoms with Crippen LogP contribution in [0.4, 0.5) is 5.69 Å². The first-order valence-electron chi connectivity index (χ1n) is 4.65. The van der Waals surface area contributed by atoms with Gasteiger partial charge in [-0.2, -0.15) is 0 Å². The first kappa shape index (κ1) is 10.7. The summed E-state index contributed by atoms with van der Waals surface area (Å²) in [4.78, 5) is 11.7. The predicted octanol–water partition coefficient (Wildman–Crippen LogP) is 2.89. The maximum Gasteiger partial charge on any atom is 0.278 e. The third-order valence-corrected chi connectivity index (χ3v) is 2.28. The number of aromatic nitrogens is 1. The van der Waals surface area contributed by atoms with Crippen molar-refractivity contribution in [1.29, 1.82) is 0 Å². The minimum Gasteiger partial charge on any atom is -0.364 e. The molecule has 0 saturated carbocycles. The summed E-state index contributed by atoms with van der Waals surface area (Å²) in [6, 6.07) is 6.90. The molecule has 0 atom stereocenters. The van der Waals surface area contributed by atoms with E-state index in [1.807, 2.05) is 0 Å². The molecule has 5 heteroatoms. The molecule has 0 fully saturated rings. The van der Waals surface area contributed by atoms with Gasteiger partial charge in [0.15, 0.2) is 5.69 Å². The molecule has 1 aromatic heterocycles. The normalized spacial score (nSPS) is 10.1. The number of nitrogens with one attached hydrogen (secondary N) is 1. The largest absolute Gasteiger partial charge is 0.364 e. The van der Waals surface area contributed by atoms with Gasteiger partial charge < -0.3 is 9.84 Å². The molecule has 4 nitrogen and oxygen atoms in total. The molecule has 0 bridgehead atoms. The number of hydrogen-bond acceptors (Lipinski definition) is 3. The molecule has 2 aromatic rings. The van der Waals surface area contributed by atoms with E-state index >= 15 is 0 Å². The van der Waals surface area contributed by atoms with E-state index in [1.54, 1.807) is 31.2 Å². The molecular weight excluding hydrogens is 228 g/mol. The van der Waals surface area contributed by atoms with Crippen LogP contribution in [-0.4, -0.2) is 11.1 Å². The molecule has 1 heterocycles. The molecule has 0 aliphatic rings. The molecule has 0 unspecified atom stereocenters. The lowest BCUT2D eigenvalue weighted by Gasteiger charge is -2.03. The van der Waals surface area contributed by atoms with Crippen molar-refractivity contribution in [3.63, 3.8) is 0 Å². The summed E-state index contributed by atoms with van der Waals surface area (Å²) in [5.41, 5.74) is 1.60. The van der Waals surface area contributed by atoms with Crippen molar-refractivity contribution >= 4 is 23.2 Å². The quantitative estimate of drug-likeness (QED) is 0.872. The number of halogens is 1. The molecule has 0 spiro atoms. The summed E-state index contributed by atoms with van der Waals surface area (Å²) < 4.78 is 4.69. The Morgan fingerprint density at radius 2 is 2.31 bits per heavy atom. The van der Waals surface area contributed by atoms with Crippen LogP contribution in [0, 0.1) is 6.92 Å². The highest BCUT2D eigenvalue weighted by molar-refractivity contribution is 6.30. The first-order chi connectivity index (χ1) is 7.66. The number of nitrogens with zero attached hydrogens (tertiary/aromatic N) is 1. The van der Waals surface area contributed by atoms with Crippen LogP contribution >= 0.6 is 11.6 Å². The van der Waals surface area contributed by atoms with E-state index < -0.39 is 0 Å². The topological polar surface area (TPSA) is 55.1 Å². The van der Waals surface area contributed by atoms with Gasteiger partial charge in [-0.3, -0.25) is 4.79 Å². The van der Waals surface area contributed by atoms with Crippen molar-refractivity contribution in [3.8, 4) is 0 Å². The van der Waals surface area contributed by atoms with Crippen molar-refractivity contribution in [2.75, 3.05) is 5.32 Å². The Hall–Kier alpha value is -1.81. The number of benzene rings is 1. The molecule has 16 heavy (non-hydrogen) atoms. The smallest absolute Gasteiger partial charge is 0.278 e. The summed E-state index contributed by atoms with van der Waals surface area (Å²) in [7, 11) is 0. The van der Waals surface area contributed by atoms with Gasteiger partial charge >= 0.3 is 0 Å². The highest BCUT2D eigenvalue weighted by Gasteiger charge is 2.13. The summed E-state index contributed by atoms with van der Waals surface area (Å²) in [6.07, 6.45) is 1.42. The van der Waals surface area contributed by atoms with Gasteiger partial charge in [0.05, 0.1) is 0 Å². The number of carbonyl (C=O) groups is 1. The van der Waals surface area contributed by atoms with E-state index in [0.29, 0.717) is 16.3 Å². The van der Waals surface area contributed by atoms with E-state index in [0.717, 1.165) is 0 Å². The van der Waals surface area contributed by atoms with Crippen molar-refractivity contribution in [2.24, 2.45) is 0 Å². The molecule has 1 amide bonds. The Morgan fingerprint density at radius 3 is 2.94 bits per heavy atom. The molecule has 0 saturated heterocycles. The lowest BCUT2D eigenvalue weighted by Crippen LogP contribution is -2.13. The van der Waals surface area contributed by atoms with Crippen LogP contribution in [0.5, 0.6) is 0 Å². The van der Waals surface area contributed by atoms with E-state index in [4.69, 9.17) is 16.1 Å². The van der Waals surface area contributed by atoms with Crippen LogP contribution in [0.3, 0.4) is 0 Å². The van der Waals surface area contributed by atoms with Crippen molar-refractivity contribution in [2.45, 2.75) is 6.92 Å². The Balaban J connectivity index is 2.17. The fraction of sp³-hybridized carbons (Fsp3) is 0.0909. The average Bonchev–Trinajstić information content (AvgIpc) is 2.64. The summed E-state index contributed by atoms with van der Waals surface area (Å²) in [6.45, 7) is 1.75. The molecule has 0 aliphatic carbocycles. The van der Waals surface area contributed by atoms with Crippen LogP contribution in [0.15, 0.2) is 35.1 Å². The third-order valence-electron chi connectivity index (χ3n) is 2.04. The van der Waals surface area contributed by atoms with Gasteiger partial charge in [0, 0.05) is 16.3 Å². The van der Waals surface area contributed by atoms with Crippen LogP contribution in [0.25, 0.3) is 0 Å². The van der Waals surface area contributed by atoms with Crippen LogP contribution < -0.4 is 5.32 Å². The second-order valence-electron chi connectivity index (χ2n) is 3.31. The highest BCUT2D eigenvalue weighted by atomic mass is 35.5. The predicted molar refractivity (Wildman–Crippen MR) is 60.6 cm³/mol. The molecule has 82 valence electrons. The lowest BCUT2D eigenvalue weighted by atomic mass is 10.2. The van der Waals surface area contributed by atoms with E-state index in [2.05, 4.69) is 10.5 Å². The van der Waals surface area contributed by atoms with Crippen molar-refractivity contribution < 1.29 is 9.32 Å². The monoisotopic (exact) mass is 236 g/mol. The lowest BCUT2D eigenvalue weighted by molar-refractivity contribution is 0.101. The van der Waals surface area contributed by atoms with E-state index in [9.17, 15) is 4.79 Å². The fourth-order valence-electron chi connectivity index (χ4n) is 1.26. The molecular formula is C11H9ClN2O2. The van der Waals surface area contributed by atoms with Crippen molar-refractivity contribution in [3.05, 3.63) is 46.8 Å². The van der Waals surface area contributed by atoms with Gasteiger partial charge in [0.25, 0.3) is 5.91 Å². The average molecular weight is 237 g/mol. The second-order valence-corrected chi connectivity index (χ2v) is 3.75. The second kappa shape index (κ2) is 4.37. The number of aryl methyl sites for hydroxylation is 1. The van der Waals surface area contributed by atoms with Gasteiger partial charge in [-0.15, -0.1) is 0 Å². The van der Waals surface area contributed by atoms with Gasteiger partial charge in [0.1, 0.15) is 6.26 Å². The highest BCUT2D eigenvalue weighted by Crippen LogP contribution is 2.16. The van der Waals surface area contributed by atoms with Gasteiger partial charge in [-0.1, -0.05) is 22.8 Å². The molecule has 1 N–H and O–H groups in total. The summed E-state index contributed by atoms with van der Waals surface area (Å²) in [5, 5.41) is 6.86. The van der Waals surface area contributed by atoms with Gasteiger partial charge in [0.2, 0.25) is 0 Å². The molecule has 0 aliphatic heterocycles. The molecule has 0 radical (unpaired) electrons. The Labute approximate surface area is 97.2 Å². The Bertz CT molecular complexity index is 522. The molecule has 1 aromatic carbocycles. The fourth-order valence-corrected chi connectivity index (χ4v) is 1.45. The number of carbonyl (C=O) groups excluding carboxylic acids is 1.